The zero-order valence-corrected chi connectivity index (χ0v) is 13.8. The number of aromatic carboxylic acids is 1. The van der Waals surface area contributed by atoms with Crippen molar-refractivity contribution in [1.82, 2.24) is 25.0 Å². The van der Waals surface area contributed by atoms with Gasteiger partial charge in [0.2, 0.25) is 0 Å². The fourth-order valence-corrected chi connectivity index (χ4v) is 2.97. The first kappa shape index (κ1) is 16.1. The zero-order valence-electron chi connectivity index (χ0n) is 13.0. The Morgan fingerprint density at radius 2 is 1.92 bits per heavy atom. The summed E-state index contributed by atoms with van der Waals surface area (Å²) in [6.45, 7) is 2.08. The van der Waals surface area contributed by atoms with E-state index in [1.165, 1.54) is 17.3 Å². The van der Waals surface area contributed by atoms with Crippen LogP contribution in [-0.4, -0.2) is 36.0 Å². The van der Waals surface area contributed by atoms with Gasteiger partial charge >= 0.3 is 5.97 Å². The first-order chi connectivity index (χ1) is 11.7. The first-order valence-corrected chi connectivity index (χ1v) is 8.34. The second-order valence-corrected chi connectivity index (χ2v) is 5.88. The number of benzene rings is 1. The molecule has 0 atom stereocenters. The standard InChI is InChI=1S/C16H15N5O2S/c1-2-11-4-6-12(7-5-11)21-13(14(15(22)23)19-20-21)10-24-16-17-8-3-9-18-16/h3-9H,2,10H2,1H3,(H,22,23). The van der Waals surface area contributed by atoms with Crippen LogP contribution in [0.2, 0.25) is 0 Å². The molecule has 122 valence electrons. The molecule has 2 heterocycles. The average molecular weight is 341 g/mol. The molecule has 2 aromatic heterocycles. The quantitative estimate of drug-likeness (QED) is 0.544. The number of aryl methyl sites for hydroxylation is 1. The lowest BCUT2D eigenvalue weighted by molar-refractivity contribution is 0.0689. The molecule has 0 amide bonds. The minimum Gasteiger partial charge on any atom is -0.476 e. The summed E-state index contributed by atoms with van der Waals surface area (Å²) in [4.78, 5) is 19.7. The maximum absolute atomic E-state index is 11.4. The van der Waals surface area contributed by atoms with E-state index in [0.717, 1.165) is 12.1 Å². The van der Waals surface area contributed by atoms with Crippen LogP contribution >= 0.6 is 11.8 Å². The molecule has 0 bridgehead atoms. The molecule has 0 aliphatic carbocycles. The molecule has 24 heavy (non-hydrogen) atoms. The normalized spacial score (nSPS) is 10.7. The fraction of sp³-hybridized carbons (Fsp3) is 0.188. The second kappa shape index (κ2) is 7.22. The molecule has 0 fully saturated rings. The highest BCUT2D eigenvalue weighted by Crippen LogP contribution is 2.23. The number of carbonyl (C=O) groups is 1. The van der Waals surface area contributed by atoms with Gasteiger partial charge in [-0.3, -0.25) is 0 Å². The molecule has 0 aliphatic heterocycles. The number of nitrogens with zero attached hydrogens (tertiary/aromatic N) is 5. The van der Waals surface area contributed by atoms with Gasteiger partial charge in [-0.05, 0) is 30.2 Å². The molecule has 0 saturated heterocycles. The third kappa shape index (κ3) is 3.43. The summed E-state index contributed by atoms with van der Waals surface area (Å²) in [7, 11) is 0. The highest BCUT2D eigenvalue weighted by Gasteiger charge is 2.20. The number of rotatable bonds is 6. The van der Waals surface area contributed by atoms with E-state index in [1.54, 1.807) is 23.1 Å². The van der Waals surface area contributed by atoms with Gasteiger partial charge in [0.1, 0.15) is 0 Å². The van der Waals surface area contributed by atoms with E-state index < -0.39 is 5.97 Å². The Hall–Kier alpha value is -2.74. The lowest BCUT2D eigenvalue weighted by atomic mass is 10.1. The maximum Gasteiger partial charge on any atom is 0.358 e. The maximum atomic E-state index is 11.4. The predicted molar refractivity (Wildman–Crippen MR) is 89.3 cm³/mol. The topological polar surface area (TPSA) is 93.8 Å². The summed E-state index contributed by atoms with van der Waals surface area (Å²) in [5.41, 5.74) is 2.42. The summed E-state index contributed by atoms with van der Waals surface area (Å²) in [5.74, 6) is -0.746. The van der Waals surface area contributed by atoms with Gasteiger partial charge in [-0.1, -0.05) is 36.0 Å². The van der Waals surface area contributed by atoms with Gasteiger partial charge in [0.05, 0.1) is 11.4 Å². The van der Waals surface area contributed by atoms with Gasteiger partial charge in [0.25, 0.3) is 0 Å². The molecule has 0 unspecified atom stereocenters. The molecule has 0 aliphatic rings. The predicted octanol–water partition coefficient (Wildman–Crippen LogP) is 2.61. The van der Waals surface area contributed by atoms with Crippen LogP contribution in [0.15, 0.2) is 47.9 Å². The van der Waals surface area contributed by atoms with Crippen molar-refractivity contribution in [2.45, 2.75) is 24.3 Å². The molecular weight excluding hydrogens is 326 g/mol. The number of thioether (sulfide) groups is 1. The van der Waals surface area contributed by atoms with Crippen molar-refractivity contribution in [3.63, 3.8) is 0 Å². The summed E-state index contributed by atoms with van der Waals surface area (Å²) in [5, 5.41) is 17.7. The Morgan fingerprint density at radius 3 is 2.54 bits per heavy atom. The van der Waals surface area contributed by atoms with Crippen molar-refractivity contribution in [1.29, 1.82) is 0 Å². The van der Waals surface area contributed by atoms with Crippen molar-refractivity contribution in [3.8, 4) is 5.69 Å². The van der Waals surface area contributed by atoms with Gasteiger partial charge in [-0.25, -0.2) is 19.4 Å². The van der Waals surface area contributed by atoms with Crippen LogP contribution in [0, 0.1) is 0 Å². The van der Waals surface area contributed by atoms with Gasteiger partial charge < -0.3 is 5.11 Å². The van der Waals surface area contributed by atoms with E-state index in [4.69, 9.17) is 0 Å². The van der Waals surface area contributed by atoms with E-state index in [1.807, 2.05) is 24.3 Å². The van der Waals surface area contributed by atoms with Crippen molar-refractivity contribution in [3.05, 3.63) is 59.7 Å². The van der Waals surface area contributed by atoms with E-state index in [-0.39, 0.29) is 5.69 Å². The minimum atomic E-state index is -1.10. The largest absolute Gasteiger partial charge is 0.476 e. The molecule has 1 N–H and O–H groups in total. The van der Waals surface area contributed by atoms with Crippen LogP contribution in [-0.2, 0) is 12.2 Å². The lowest BCUT2D eigenvalue weighted by Crippen LogP contribution is -2.06. The third-order valence-electron chi connectivity index (χ3n) is 3.43. The monoisotopic (exact) mass is 341 g/mol. The zero-order chi connectivity index (χ0) is 16.9. The minimum absolute atomic E-state index is 0.0574. The number of hydrogen-bond acceptors (Lipinski definition) is 6. The summed E-state index contributed by atoms with van der Waals surface area (Å²) >= 11 is 1.34. The van der Waals surface area contributed by atoms with Crippen LogP contribution in [0.25, 0.3) is 5.69 Å². The van der Waals surface area contributed by atoms with Crippen molar-refractivity contribution >= 4 is 17.7 Å². The SMILES string of the molecule is CCc1ccc(-n2nnc(C(=O)O)c2CSc2ncccn2)cc1. The average Bonchev–Trinajstić information content (AvgIpc) is 3.05. The number of carboxylic acid groups (broad SMARTS) is 1. The third-order valence-corrected chi connectivity index (χ3v) is 4.32. The highest BCUT2D eigenvalue weighted by atomic mass is 32.2. The highest BCUT2D eigenvalue weighted by molar-refractivity contribution is 7.98. The fourth-order valence-electron chi connectivity index (χ4n) is 2.17. The summed E-state index contributed by atoms with van der Waals surface area (Å²) < 4.78 is 1.55. The van der Waals surface area contributed by atoms with Crippen LogP contribution in [0.5, 0.6) is 0 Å². The molecular formula is C16H15N5O2S. The Morgan fingerprint density at radius 1 is 1.21 bits per heavy atom. The Labute approximate surface area is 142 Å². The van der Waals surface area contributed by atoms with E-state index in [2.05, 4.69) is 27.2 Å². The van der Waals surface area contributed by atoms with E-state index in [9.17, 15) is 9.90 Å². The Balaban J connectivity index is 1.92. The van der Waals surface area contributed by atoms with Crippen molar-refractivity contribution in [2.24, 2.45) is 0 Å². The molecule has 0 saturated carbocycles. The van der Waals surface area contributed by atoms with Gasteiger partial charge in [0.15, 0.2) is 10.9 Å². The van der Waals surface area contributed by atoms with E-state index >= 15 is 0 Å². The van der Waals surface area contributed by atoms with E-state index in [0.29, 0.717) is 16.6 Å². The van der Waals surface area contributed by atoms with Crippen LogP contribution in [0.1, 0.15) is 28.7 Å². The Kier molecular flexibility index (Phi) is 4.85. The summed E-state index contributed by atoms with van der Waals surface area (Å²) in [6, 6.07) is 9.54. The number of aromatic nitrogens is 5. The number of hydrogen-bond donors (Lipinski definition) is 1. The molecule has 3 aromatic rings. The molecule has 0 spiro atoms. The Bertz CT molecular complexity index is 833. The molecule has 8 heteroatoms. The lowest BCUT2D eigenvalue weighted by Gasteiger charge is -2.07. The van der Waals surface area contributed by atoms with Crippen LogP contribution < -0.4 is 0 Å². The van der Waals surface area contributed by atoms with Crippen LogP contribution in [0.4, 0.5) is 0 Å². The molecule has 3 rings (SSSR count). The van der Waals surface area contributed by atoms with Crippen molar-refractivity contribution in [2.75, 3.05) is 0 Å². The second-order valence-electron chi connectivity index (χ2n) is 4.94. The molecule has 7 nitrogen and oxygen atoms in total. The van der Waals surface area contributed by atoms with Gasteiger partial charge in [0, 0.05) is 18.1 Å². The smallest absolute Gasteiger partial charge is 0.358 e. The summed E-state index contributed by atoms with van der Waals surface area (Å²) in [6.07, 6.45) is 4.23. The number of carboxylic acids is 1. The van der Waals surface area contributed by atoms with Crippen molar-refractivity contribution < 1.29 is 9.90 Å². The van der Waals surface area contributed by atoms with Gasteiger partial charge in [-0.15, -0.1) is 5.10 Å². The molecule has 1 aromatic carbocycles. The van der Waals surface area contributed by atoms with Crippen LogP contribution in [0.3, 0.4) is 0 Å². The van der Waals surface area contributed by atoms with Gasteiger partial charge in [-0.2, -0.15) is 0 Å². The first-order valence-electron chi connectivity index (χ1n) is 7.36. The molecule has 0 radical (unpaired) electrons.